The summed E-state index contributed by atoms with van der Waals surface area (Å²) in [5.74, 6) is 1.98. The molecule has 1 heterocycles. The van der Waals surface area contributed by atoms with Crippen LogP contribution < -0.4 is 9.47 Å². The third kappa shape index (κ3) is 4.57. The maximum absolute atomic E-state index is 12.3. The summed E-state index contributed by atoms with van der Waals surface area (Å²) in [6.45, 7) is 8.42. The van der Waals surface area contributed by atoms with Gasteiger partial charge in [0.25, 0.3) is 0 Å². The zero-order chi connectivity index (χ0) is 20.1. The average Bonchev–Trinajstić information content (AvgIpc) is 3.16. The quantitative estimate of drug-likeness (QED) is 0.440. The summed E-state index contributed by atoms with van der Waals surface area (Å²) >= 11 is 0. The number of aryl methyl sites for hydroxylation is 3. The highest BCUT2D eigenvalue weighted by molar-refractivity contribution is 5.73. The molecule has 0 N–H and O–H groups in total. The number of rotatable bonds is 7. The third-order valence-electron chi connectivity index (χ3n) is 4.52. The van der Waals surface area contributed by atoms with E-state index in [1.165, 1.54) is 0 Å². The van der Waals surface area contributed by atoms with Crippen LogP contribution in [0.25, 0.3) is 11.4 Å². The fourth-order valence-corrected chi connectivity index (χ4v) is 2.80. The molecule has 0 aliphatic carbocycles. The Morgan fingerprint density at radius 2 is 1.75 bits per heavy atom. The minimum absolute atomic E-state index is 0.164. The van der Waals surface area contributed by atoms with E-state index < -0.39 is 0 Å². The smallest absolute Gasteiger partial charge is 0.311 e. The molecule has 6 heteroatoms. The molecule has 0 fully saturated rings. The van der Waals surface area contributed by atoms with Crippen LogP contribution >= 0.6 is 0 Å². The highest BCUT2D eigenvalue weighted by Crippen LogP contribution is 2.26. The Morgan fingerprint density at radius 3 is 2.46 bits per heavy atom. The summed E-state index contributed by atoms with van der Waals surface area (Å²) in [5.41, 5.74) is 3.83. The predicted octanol–water partition coefficient (Wildman–Crippen LogP) is 4.60. The van der Waals surface area contributed by atoms with Gasteiger partial charge in [0.1, 0.15) is 11.5 Å². The summed E-state index contributed by atoms with van der Waals surface area (Å²) in [5, 5.41) is 3.98. The second-order valence-electron chi connectivity index (χ2n) is 6.60. The lowest BCUT2D eigenvalue weighted by molar-refractivity contribution is -0.134. The lowest BCUT2D eigenvalue weighted by Crippen LogP contribution is -2.11. The molecule has 6 nitrogen and oxygen atoms in total. The first kappa shape index (κ1) is 19.6. The van der Waals surface area contributed by atoms with Gasteiger partial charge < -0.3 is 14.0 Å². The summed E-state index contributed by atoms with van der Waals surface area (Å²) in [7, 11) is 0. The number of hydrogen-bond acceptors (Lipinski definition) is 6. The number of carbonyl (C=O) groups is 1. The van der Waals surface area contributed by atoms with E-state index >= 15 is 0 Å². The van der Waals surface area contributed by atoms with Crippen LogP contribution in [0.4, 0.5) is 0 Å². The van der Waals surface area contributed by atoms with Gasteiger partial charge in [0.2, 0.25) is 11.7 Å². The molecule has 1 aromatic heterocycles. The molecule has 0 radical (unpaired) electrons. The molecule has 0 aliphatic rings. The average molecular weight is 380 g/mol. The summed E-state index contributed by atoms with van der Waals surface area (Å²) in [6.07, 6.45) is 0.491. The second-order valence-corrected chi connectivity index (χ2v) is 6.60. The number of esters is 1. The molecule has 28 heavy (non-hydrogen) atoms. The van der Waals surface area contributed by atoms with E-state index in [9.17, 15) is 4.79 Å². The maximum Gasteiger partial charge on any atom is 0.311 e. The number of benzene rings is 2. The van der Waals surface area contributed by atoms with Gasteiger partial charge in [-0.2, -0.15) is 4.98 Å². The van der Waals surface area contributed by atoms with Crippen molar-refractivity contribution in [1.29, 1.82) is 0 Å². The van der Waals surface area contributed by atoms with Gasteiger partial charge in [-0.15, -0.1) is 0 Å². The van der Waals surface area contributed by atoms with Crippen molar-refractivity contribution in [3.8, 4) is 22.9 Å². The van der Waals surface area contributed by atoms with Crippen molar-refractivity contribution < 1.29 is 18.8 Å². The van der Waals surface area contributed by atoms with E-state index in [0.29, 0.717) is 30.5 Å². The van der Waals surface area contributed by atoms with Gasteiger partial charge in [-0.3, -0.25) is 4.79 Å². The maximum atomic E-state index is 12.3. The van der Waals surface area contributed by atoms with E-state index in [4.69, 9.17) is 14.0 Å². The Bertz CT molecular complexity index is 961. The van der Waals surface area contributed by atoms with E-state index in [-0.39, 0.29) is 12.4 Å². The summed E-state index contributed by atoms with van der Waals surface area (Å²) in [6, 6.07) is 11.4. The number of carbonyl (C=O) groups excluding carboxylic acids is 1. The molecule has 0 atom stereocenters. The number of ether oxygens (including phenoxy) is 2. The fourth-order valence-electron chi connectivity index (χ4n) is 2.80. The molecule has 146 valence electrons. The van der Waals surface area contributed by atoms with Crippen LogP contribution in [-0.4, -0.2) is 22.7 Å². The van der Waals surface area contributed by atoms with Crippen LogP contribution in [0.1, 0.15) is 35.9 Å². The van der Waals surface area contributed by atoms with Crippen molar-refractivity contribution in [3.63, 3.8) is 0 Å². The van der Waals surface area contributed by atoms with E-state index in [0.717, 1.165) is 28.0 Å². The zero-order valence-electron chi connectivity index (χ0n) is 16.6. The standard InChI is InChI=1S/C22H24N2O4/c1-5-26-18-10-8-17(9-11-18)22-23-19(28-24-22)12-13-20(25)27-21-15(3)7-6-14(2)16(21)4/h6-11H,5,12-13H2,1-4H3. The van der Waals surface area contributed by atoms with Gasteiger partial charge in [0.05, 0.1) is 13.0 Å². The number of hydrogen-bond donors (Lipinski definition) is 0. The van der Waals surface area contributed by atoms with Crippen molar-refractivity contribution >= 4 is 5.97 Å². The zero-order valence-corrected chi connectivity index (χ0v) is 16.6. The van der Waals surface area contributed by atoms with Crippen LogP contribution in [0.3, 0.4) is 0 Å². The van der Waals surface area contributed by atoms with Crippen molar-refractivity contribution in [2.75, 3.05) is 6.61 Å². The molecule has 0 saturated carbocycles. The highest BCUT2D eigenvalue weighted by atomic mass is 16.5. The lowest BCUT2D eigenvalue weighted by atomic mass is 10.1. The molecule has 0 bridgehead atoms. The first-order chi connectivity index (χ1) is 13.5. The highest BCUT2D eigenvalue weighted by Gasteiger charge is 2.14. The van der Waals surface area contributed by atoms with Crippen LogP contribution in [0.2, 0.25) is 0 Å². The van der Waals surface area contributed by atoms with Crippen LogP contribution in [0, 0.1) is 20.8 Å². The van der Waals surface area contributed by atoms with Crippen molar-refractivity contribution in [2.45, 2.75) is 40.5 Å². The Morgan fingerprint density at radius 1 is 1.04 bits per heavy atom. The monoisotopic (exact) mass is 380 g/mol. The predicted molar refractivity (Wildman–Crippen MR) is 106 cm³/mol. The SMILES string of the molecule is CCOc1ccc(-c2noc(CCC(=O)Oc3c(C)ccc(C)c3C)n2)cc1. The molecule has 2 aromatic carbocycles. The van der Waals surface area contributed by atoms with Crippen LogP contribution in [0.15, 0.2) is 40.9 Å². The van der Waals surface area contributed by atoms with Gasteiger partial charge in [0, 0.05) is 12.0 Å². The summed E-state index contributed by atoms with van der Waals surface area (Å²) in [4.78, 5) is 16.6. The third-order valence-corrected chi connectivity index (χ3v) is 4.52. The fraction of sp³-hybridized carbons (Fsp3) is 0.318. The molecule has 3 aromatic rings. The second kappa shape index (κ2) is 8.69. The molecule has 0 amide bonds. The van der Waals surface area contributed by atoms with Crippen molar-refractivity contribution in [1.82, 2.24) is 10.1 Å². The molecular weight excluding hydrogens is 356 g/mol. The minimum atomic E-state index is -0.322. The lowest BCUT2D eigenvalue weighted by Gasteiger charge is -2.12. The molecule has 3 rings (SSSR count). The Hall–Kier alpha value is -3.15. The van der Waals surface area contributed by atoms with Gasteiger partial charge in [-0.1, -0.05) is 17.3 Å². The van der Waals surface area contributed by atoms with E-state index in [1.807, 2.05) is 64.1 Å². The molecular formula is C22H24N2O4. The largest absolute Gasteiger partial charge is 0.494 e. The van der Waals surface area contributed by atoms with Gasteiger partial charge in [0.15, 0.2) is 0 Å². The van der Waals surface area contributed by atoms with Crippen LogP contribution in [0.5, 0.6) is 11.5 Å². The molecule has 0 spiro atoms. The first-order valence-electron chi connectivity index (χ1n) is 9.31. The van der Waals surface area contributed by atoms with Crippen molar-refractivity contribution in [2.24, 2.45) is 0 Å². The molecule has 0 saturated heterocycles. The number of nitrogens with zero attached hydrogens (tertiary/aromatic N) is 2. The van der Waals surface area contributed by atoms with Crippen molar-refractivity contribution in [3.05, 3.63) is 59.0 Å². The van der Waals surface area contributed by atoms with E-state index in [2.05, 4.69) is 10.1 Å². The van der Waals surface area contributed by atoms with Crippen LogP contribution in [-0.2, 0) is 11.2 Å². The molecule has 0 aliphatic heterocycles. The van der Waals surface area contributed by atoms with Gasteiger partial charge in [-0.05, 0) is 68.7 Å². The molecule has 0 unspecified atom stereocenters. The Balaban J connectivity index is 1.60. The van der Waals surface area contributed by atoms with Gasteiger partial charge in [-0.25, -0.2) is 0 Å². The minimum Gasteiger partial charge on any atom is -0.494 e. The normalized spacial score (nSPS) is 10.7. The van der Waals surface area contributed by atoms with Gasteiger partial charge >= 0.3 is 5.97 Å². The Labute approximate surface area is 164 Å². The number of aromatic nitrogens is 2. The first-order valence-corrected chi connectivity index (χ1v) is 9.31. The topological polar surface area (TPSA) is 74.5 Å². The Kier molecular flexibility index (Phi) is 6.09. The summed E-state index contributed by atoms with van der Waals surface area (Å²) < 4.78 is 16.3. The van der Waals surface area contributed by atoms with E-state index in [1.54, 1.807) is 0 Å².